The second-order valence-electron chi connectivity index (χ2n) is 5.54. The summed E-state index contributed by atoms with van der Waals surface area (Å²) in [4.78, 5) is 12.6. The summed E-state index contributed by atoms with van der Waals surface area (Å²) in [6, 6.07) is 11.1. The molecule has 0 bridgehead atoms. The molecule has 0 aliphatic carbocycles. The molecule has 126 valence electrons. The number of allylic oxidation sites excluding steroid dienone is 1. The van der Waals surface area contributed by atoms with Gasteiger partial charge in [0.15, 0.2) is 23.9 Å². The van der Waals surface area contributed by atoms with Crippen molar-refractivity contribution in [1.29, 1.82) is 5.26 Å². The van der Waals surface area contributed by atoms with E-state index in [1.165, 1.54) is 13.2 Å². The van der Waals surface area contributed by atoms with Gasteiger partial charge >= 0.3 is 0 Å². The van der Waals surface area contributed by atoms with Crippen LogP contribution in [0.4, 0.5) is 0 Å². The quantitative estimate of drug-likeness (QED) is 0.734. The smallest absolute Gasteiger partial charge is 0.296 e. The lowest BCUT2D eigenvalue weighted by Gasteiger charge is -2.27. The molecule has 3 rings (SSSR count). The first-order valence-corrected chi connectivity index (χ1v) is 7.53. The van der Waals surface area contributed by atoms with Gasteiger partial charge in [0.1, 0.15) is 11.6 Å². The van der Waals surface area contributed by atoms with E-state index in [1.807, 2.05) is 12.1 Å². The van der Waals surface area contributed by atoms with Gasteiger partial charge in [-0.2, -0.15) is 9.83 Å². The van der Waals surface area contributed by atoms with Crippen LogP contribution in [0.25, 0.3) is 0 Å². The predicted molar refractivity (Wildman–Crippen MR) is 86.5 cm³/mol. The fourth-order valence-electron chi connectivity index (χ4n) is 2.98. The minimum atomic E-state index is -0.777. The van der Waals surface area contributed by atoms with Crippen LogP contribution >= 0.6 is 0 Å². The highest BCUT2D eigenvalue weighted by Crippen LogP contribution is 2.39. The number of amides is 1. The van der Waals surface area contributed by atoms with Crippen molar-refractivity contribution in [1.82, 2.24) is 5.32 Å². The molecular formula is C18H16N3O4+. The molecule has 25 heavy (non-hydrogen) atoms. The van der Waals surface area contributed by atoms with Gasteiger partial charge in [0.25, 0.3) is 5.91 Å². The fourth-order valence-corrected chi connectivity index (χ4v) is 2.98. The first kappa shape index (κ1) is 16.3. The number of aromatic hydroxyl groups is 1. The van der Waals surface area contributed by atoms with E-state index >= 15 is 0 Å². The van der Waals surface area contributed by atoms with Crippen molar-refractivity contribution in [3.8, 4) is 17.6 Å². The number of pyridine rings is 1. The minimum absolute atomic E-state index is 0.0358. The van der Waals surface area contributed by atoms with E-state index in [1.54, 1.807) is 41.2 Å². The number of methoxy groups -OCH3 is 1. The molecule has 0 saturated carbocycles. The van der Waals surface area contributed by atoms with Crippen molar-refractivity contribution in [3.63, 3.8) is 0 Å². The summed E-state index contributed by atoms with van der Waals surface area (Å²) in [5.41, 5.74) is 0.600. The Morgan fingerprint density at radius 2 is 1.96 bits per heavy atom. The van der Waals surface area contributed by atoms with Crippen LogP contribution in [0.1, 0.15) is 17.5 Å². The maximum Gasteiger partial charge on any atom is 0.296 e. The third-order valence-electron chi connectivity index (χ3n) is 4.14. The molecule has 0 fully saturated rings. The number of phenolic OH excluding ortho intramolecular Hbond substituents is 1. The Bertz CT molecular complexity index is 887. The number of aromatic nitrogens is 1. The third-order valence-corrected chi connectivity index (χ3v) is 4.14. The van der Waals surface area contributed by atoms with E-state index in [2.05, 4.69) is 5.32 Å². The van der Waals surface area contributed by atoms with Gasteiger partial charge in [-0.05, 0) is 17.7 Å². The number of ether oxygens (including phenoxy) is 1. The van der Waals surface area contributed by atoms with Crippen LogP contribution in [-0.4, -0.2) is 23.2 Å². The standard InChI is InChI=1S/C18H15N3O4/c1-25-14-9-11(5-6-13(14)22)15-12(10-19)17(23)20-18(24)16(15)21-7-3-2-4-8-21/h2-9,15-16H,1H3,(H2-,20,22,23,24)/p+1/t15-,16-/m1/s1. The van der Waals surface area contributed by atoms with E-state index in [0.29, 0.717) is 5.56 Å². The van der Waals surface area contributed by atoms with E-state index in [0.717, 1.165) is 0 Å². The summed E-state index contributed by atoms with van der Waals surface area (Å²) in [5, 5.41) is 31.7. The highest BCUT2D eigenvalue weighted by Gasteiger charge is 2.45. The van der Waals surface area contributed by atoms with Crippen molar-refractivity contribution < 1.29 is 24.3 Å². The number of hydrogen-bond acceptors (Lipinski definition) is 5. The van der Waals surface area contributed by atoms with Gasteiger partial charge in [0, 0.05) is 12.1 Å². The molecule has 1 aromatic heterocycles. The molecule has 7 nitrogen and oxygen atoms in total. The first-order valence-electron chi connectivity index (χ1n) is 7.53. The number of benzene rings is 1. The molecule has 3 N–H and O–H groups in total. The molecular weight excluding hydrogens is 322 g/mol. The van der Waals surface area contributed by atoms with Crippen LogP contribution in [-0.2, 0) is 4.79 Å². The van der Waals surface area contributed by atoms with E-state index < -0.39 is 23.8 Å². The lowest BCUT2D eigenvalue weighted by molar-refractivity contribution is -0.711. The number of aliphatic hydroxyl groups is 1. The largest absolute Gasteiger partial charge is 0.504 e. The molecule has 0 spiro atoms. The van der Waals surface area contributed by atoms with Crippen LogP contribution in [0.2, 0.25) is 0 Å². The molecule has 1 aromatic carbocycles. The zero-order valence-electron chi connectivity index (χ0n) is 13.4. The third kappa shape index (κ3) is 2.85. The average Bonchev–Trinajstić information content (AvgIpc) is 2.62. The number of carbonyl (C=O) groups is 1. The topological polar surface area (TPSA) is 106 Å². The molecule has 1 aliphatic rings. The Hall–Kier alpha value is -3.53. The zero-order chi connectivity index (χ0) is 18.0. The van der Waals surface area contributed by atoms with Crippen molar-refractivity contribution in [3.05, 3.63) is 65.8 Å². The molecule has 2 heterocycles. The second-order valence-corrected chi connectivity index (χ2v) is 5.54. The van der Waals surface area contributed by atoms with Crippen molar-refractivity contribution in [2.45, 2.75) is 12.0 Å². The lowest BCUT2D eigenvalue weighted by Crippen LogP contribution is -2.53. The van der Waals surface area contributed by atoms with Crippen molar-refractivity contribution in [2.75, 3.05) is 7.11 Å². The van der Waals surface area contributed by atoms with Gasteiger partial charge < -0.3 is 14.9 Å². The van der Waals surface area contributed by atoms with Gasteiger partial charge in [-0.1, -0.05) is 12.1 Å². The van der Waals surface area contributed by atoms with E-state index in [9.17, 15) is 20.3 Å². The van der Waals surface area contributed by atoms with Crippen molar-refractivity contribution >= 4 is 5.91 Å². The Labute approximate surface area is 144 Å². The Kier molecular flexibility index (Phi) is 4.27. The van der Waals surface area contributed by atoms with Crippen molar-refractivity contribution in [2.24, 2.45) is 0 Å². The first-order chi connectivity index (χ1) is 12.1. The summed E-state index contributed by atoms with van der Waals surface area (Å²) in [6.07, 6.45) is 3.43. The molecule has 7 heteroatoms. The zero-order valence-corrected chi connectivity index (χ0v) is 13.4. The fraction of sp³-hybridized carbons (Fsp3) is 0.167. The van der Waals surface area contributed by atoms with Crippen LogP contribution in [0, 0.1) is 11.3 Å². The summed E-state index contributed by atoms with van der Waals surface area (Å²) >= 11 is 0. The van der Waals surface area contributed by atoms with Gasteiger partial charge in [0.05, 0.1) is 13.0 Å². The summed E-state index contributed by atoms with van der Waals surface area (Å²) in [6.45, 7) is 0. The molecule has 1 aliphatic heterocycles. The normalized spacial score (nSPS) is 19.9. The van der Waals surface area contributed by atoms with Crippen LogP contribution in [0.5, 0.6) is 11.5 Å². The Morgan fingerprint density at radius 1 is 1.24 bits per heavy atom. The number of nitrogens with zero attached hydrogens (tertiary/aromatic N) is 2. The van der Waals surface area contributed by atoms with Gasteiger partial charge in [-0.15, -0.1) is 0 Å². The Balaban J connectivity index is 2.21. The average molecular weight is 338 g/mol. The summed E-state index contributed by atoms with van der Waals surface area (Å²) < 4.78 is 6.79. The monoisotopic (exact) mass is 338 g/mol. The molecule has 2 aromatic rings. The van der Waals surface area contributed by atoms with Crippen LogP contribution in [0.15, 0.2) is 60.2 Å². The molecule has 0 radical (unpaired) electrons. The molecule has 0 unspecified atom stereocenters. The predicted octanol–water partition coefficient (Wildman–Crippen LogP) is 1.44. The number of nitrogens with one attached hydrogen (secondary N) is 1. The minimum Gasteiger partial charge on any atom is -0.504 e. The SMILES string of the molecule is COc1cc([C@@H]2C(C#N)=C(O)NC(=O)[C@@H]2[n+]2ccccc2)ccc1O. The lowest BCUT2D eigenvalue weighted by atomic mass is 9.82. The summed E-state index contributed by atoms with van der Waals surface area (Å²) in [5.74, 6) is -1.47. The number of aliphatic hydroxyl groups excluding tert-OH is 1. The maximum absolute atomic E-state index is 12.6. The molecule has 1 amide bonds. The summed E-state index contributed by atoms with van der Waals surface area (Å²) in [7, 11) is 1.41. The number of carbonyl (C=O) groups excluding carboxylic acids is 1. The van der Waals surface area contributed by atoms with Gasteiger partial charge in [0.2, 0.25) is 11.9 Å². The number of hydrogen-bond donors (Lipinski definition) is 3. The second kappa shape index (κ2) is 6.53. The van der Waals surface area contributed by atoms with Gasteiger partial charge in [-0.25, -0.2) is 0 Å². The van der Waals surface area contributed by atoms with Crippen LogP contribution in [0.3, 0.4) is 0 Å². The highest BCUT2D eigenvalue weighted by atomic mass is 16.5. The van der Waals surface area contributed by atoms with E-state index in [-0.39, 0.29) is 17.1 Å². The Morgan fingerprint density at radius 3 is 2.60 bits per heavy atom. The van der Waals surface area contributed by atoms with E-state index in [4.69, 9.17) is 4.74 Å². The number of phenols is 1. The van der Waals surface area contributed by atoms with Gasteiger partial charge in [-0.3, -0.25) is 10.1 Å². The highest BCUT2D eigenvalue weighted by molar-refractivity contribution is 5.84. The molecule has 0 saturated heterocycles. The number of rotatable bonds is 3. The maximum atomic E-state index is 12.6. The number of nitriles is 1. The van der Waals surface area contributed by atoms with Crippen LogP contribution < -0.4 is 14.6 Å². The molecule has 2 atom stereocenters.